The number of anilines is 1. The normalized spacial score (nSPS) is 16.4. The number of aryl methyl sites for hydroxylation is 2. The molecule has 1 aromatic carbocycles. The van der Waals surface area contributed by atoms with Crippen molar-refractivity contribution in [3.8, 4) is 0 Å². The van der Waals surface area contributed by atoms with Gasteiger partial charge in [0.1, 0.15) is 0 Å². The van der Waals surface area contributed by atoms with E-state index in [9.17, 15) is 9.59 Å². The van der Waals surface area contributed by atoms with E-state index in [2.05, 4.69) is 11.0 Å². The standard InChI is InChI=1S/C24H31ClN6O2/c1-16(2)10-13-30-20-21(27-23(30)29-12-4-5-19(26)15-29)28(3)24(33)31(22(20)32)14-11-17-6-8-18(25)9-7-17/h6-10,19H,4-5,11-15,26H2,1-3H3. The molecule has 3 heterocycles. The molecule has 1 saturated heterocycles. The SMILES string of the molecule is CC(C)=CCn1c(N2CCCC(N)C2)nc2c1c(=O)n(CCc1ccc(Cl)cc1)c(=O)n2C. The number of nitrogens with two attached hydrogens (primary N) is 1. The number of nitrogens with zero attached hydrogens (tertiary/aromatic N) is 5. The van der Waals surface area contributed by atoms with Gasteiger partial charge in [0.15, 0.2) is 11.2 Å². The fourth-order valence-electron chi connectivity index (χ4n) is 4.33. The Labute approximate surface area is 197 Å². The van der Waals surface area contributed by atoms with Gasteiger partial charge in [0.05, 0.1) is 0 Å². The lowest BCUT2D eigenvalue weighted by atomic mass is 10.1. The molecule has 3 aromatic rings. The first-order valence-electron chi connectivity index (χ1n) is 11.3. The Hall–Kier alpha value is -2.84. The predicted molar refractivity (Wildman–Crippen MR) is 133 cm³/mol. The third-order valence-electron chi connectivity index (χ3n) is 6.17. The number of benzene rings is 1. The van der Waals surface area contributed by atoms with Gasteiger partial charge < -0.3 is 15.2 Å². The second-order valence-corrected chi connectivity index (χ2v) is 9.44. The quantitative estimate of drug-likeness (QED) is 0.559. The first-order chi connectivity index (χ1) is 15.8. The highest BCUT2D eigenvalue weighted by Crippen LogP contribution is 2.23. The first-order valence-corrected chi connectivity index (χ1v) is 11.7. The summed E-state index contributed by atoms with van der Waals surface area (Å²) in [5.74, 6) is 0.695. The van der Waals surface area contributed by atoms with Crippen LogP contribution in [0.4, 0.5) is 5.95 Å². The molecular weight excluding hydrogens is 440 g/mol. The van der Waals surface area contributed by atoms with Crippen LogP contribution >= 0.6 is 11.6 Å². The van der Waals surface area contributed by atoms with Gasteiger partial charge in [0.25, 0.3) is 5.56 Å². The number of piperidine rings is 1. The minimum Gasteiger partial charge on any atom is -0.341 e. The highest BCUT2D eigenvalue weighted by atomic mass is 35.5. The molecule has 0 saturated carbocycles. The summed E-state index contributed by atoms with van der Waals surface area (Å²) in [6.45, 7) is 6.33. The minimum atomic E-state index is -0.366. The van der Waals surface area contributed by atoms with Gasteiger partial charge in [-0.05, 0) is 50.8 Å². The molecule has 2 N–H and O–H groups in total. The topological polar surface area (TPSA) is 91.1 Å². The number of rotatable bonds is 6. The summed E-state index contributed by atoms with van der Waals surface area (Å²) >= 11 is 5.98. The molecule has 1 aliphatic rings. The average Bonchev–Trinajstić information content (AvgIpc) is 3.17. The molecule has 0 radical (unpaired) electrons. The van der Waals surface area contributed by atoms with Crippen LogP contribution in [0.25, 0.3) is 11.2 Å². The molecule has 176 valence electrons. The van der Waals surface area contributed by atoms with E-state index in [1.807, 2.05) is 42.7 Å². The molecule has 4 rings (SSSR count). The number of halogens is 1. The van der Waals surface area contributed by atoms with Gasteiger partial charge in [0.2, 0.25) is 5.95 Å². The lowest BCUT2D eigenvalue weighted by molar-refractivity contribution is 0.495. The molecule has 1 fully saturated rings. The van der Waals surface area contributed by atoms with E-state index in [0.717, 1.165) is 30.5 Å². The van der Waals surface area contributed by atoms with Gasteiger partial charge in [-0.25, -0.2) is 4.79 Å². The lowest BCUT2D eigenvalue weighted by Crippen LogP contribution is -2.44. The van der Waals surface area contributed by atoms with Crippen LogP contribution in [0.2, 0.25) is 5.02 Å². The van der Waals surface area contributed by atoms with Crippen molar-refractivity contribution in [2.45, 2.75) is 52.2 Å². The smallest absolute Gasteiger partial charge is 0.332 e. The molecule has 0 aliphatic carbocycles. The van der Waals surface area contributed by atoms with Crippen LogP contribution in [0.1, 0.15) is 32.3 Å². The molecule has 1 atom stereocenters. The molecule has 1 aliphatic heterocycles. The van der Waals surface area contributed by atoms with Crippen LogP contribution in [0.5, 0.6) is 0 Å². The number of aromatic nitrogens is 4. The van der Waals surface area contributed by atoms with E-state index in [1.165, 1.54) is 9.13 Å². The molecular formula is C24H31ClN6O2. The zero-order valence-corrected chi connectivity index (χ0v) is 20.2. The maximum Gasteiger partial charge on any atom is 0.332 e. The van der Waals surface area contributed by atoms with E-state index >= 15 is 0 Å². The van der Waals surface area contributed by atoms with Crippen LogP contribution in [0, 0.1) is 0 Å². The second-order valence-electron chi connectivity index (χ2n) is 9.00. The monoisotopic (exact) mass is 470 g/mol. The number of hydrogen-bond acceptors (Lipinski definition) is 5. The van der Waals surface area contributed by atoms with Crippen molar-refractivity contribution in [3.63, 3.8) is 0 Å². The van der Waals surface area contributed by atoms with Crippen molar-refractivity contribution in [2.75, 3.05) is 18.0 Å². The minimum absolute atomic E-state index is 0.0651. The molecule has 1 unspecified atom stereocenters. The van der Waals surface area contributed by atoms with E-state index in [4.69, 9.17) is 22.3 Å². The van der Waals surface area contributed by atoms with Crippen LogP contribution in [-0.4, -0.2) is 37.8 Å². The summed E-state index contributed by atoms with van der Waals surface area (Å²) < 4.78 is 4.72. The van der Waals surface area contributed by atoms with E-state index in [-0.39, 0.29) is 23.8 Å². The van der Waals surface area contributed by atoms with Crippen molar-refractivity contribution >= 4 is 28.7 Å². The molecule has 0 spiro atoms. The third kappa shape index (κ3) is 4.77. The molecule has 33 heavy (non-hydrogen) atoms. The molecule has 2 aromatic heterocycles. The second kappa shape index (κ2) is 9.57. The molecule has 0 bridgehead atoms. The van der Waals surface area contributed by atoms with Crippen molar-refractivity contribution in [2.24, 2.45) is 12.8 Å². The number of imidazole rings is 1. The molecule has 0 amide bonds. The van der Waals surface area contributed by atoms with E-state index < -0.39 is 0 Å². The number of fused-ring (bicyclic) bond motifs is 1. The van der Waals surface area contributed by atoms with Gasteiger partial charge in [-0.15, -0.1) is 0 Å². The van der Waals surface area contributed by atoms with E-state index in [1.54, 1.807) is 7.05 Å². The summed E-state index contributed by atoms with van der Waals surface area (Å²) in [5, 5.41) is 0.654. The Morgan fingerprint density at radius 3 is 2.61 bits per heavy atom. The Morgan fingerprint density at radius 2 is 1.94 bits per heavy atom. The largest absolute Gasteiger partial charge is 0.341 e. The Bertz CT molecular complexity index is 1300. The third-order valence-corrected chi connectivity index (χ3v) is 6.42. The zero-order chi connectivity index (χ0) is 23.7. The van der Waals surface area contributed by atoms with Crippen LogP contribution in [-0.2, 0) is 26.6 Å². The fraction of sp³-hybridized carbons (Fsp3) is 0.458. The van der Waals surface area contributed by atoms with Crippen LogP contribution < -0.4 is 21.9 Å². The maximum atomic E-state index is 13.6. The van der Waals surface area contributed by atoms with Gasteiger partial charge in [-0.2, -0.15) is 4.98 Å². The van der Waals surface area contributed by atoms with Crippen molar-refractivity contribution in [1.82, 2.24) is 18.7 Å². The van der Waals surface area contributed by atoms with Gasteiger partial charge in [-0.3, -0.25) is 13.9 Å². The summed E-state index contributed by atoms with van der Waals surface area (Å²) in [5.41, 5.74) is 8.54. The molecule has 9 heteroatoms. The summed E-state index contributed by atoms with van der Waals surface area (Å²) in [7, 11) is 1.67. The van der Waals surface area contributed by atoms with Gasteiger partial charge in [0, 0.05) is 44.3 Å². The summed E-state index contributed by atoms with van der Waals surface area (Å²) in [4.78, 5) is 33.6. The lowest BCUT2D eigenvalue weighted by Gasteiger charge is -2.31. The highest BCUT2D eigenvalue weighted by molar-refractivity contribution is 6.30. The Kier molecular flexibility index (Phi) is 6.76. The first kappa shape index (κ1) is 23.3. The van der Waals surface area contributed by atoms with E-state index in [0.29, 0.717) is 41.6 Å². The van der Waals surface area contributed by atoms with Crippen molar-refractivity contribution in [3.05, 3.63) is 67.3 Å². The number of hydrogen-bond donors (Lipinski definition) is 1. The highest BCUT2D eigenvalue weighted by Gasteiger charge is 2.26. The van der Waals surface area contributed by atoms with Crippen LogP contribution in [0.15, 0.2) is 45.5 Å². The average molecular weight is 471 g/mol. The fourth-order valence-corrected chi connectivity index (χ4v) is 4.46. The number of allylic oxidation sites excluding steroid dienone is 2. The van der Waals surface area contributed by atoms with Crippen molar-refractivity contribution < 1.29 is 0 Å². The Balaban J connectivity index is 1.83. The molecule has 8 nitrogen and oxygen atoms in total. The van der Waals surface area contributed by atoms with Gasteiger partial charge >= 0.3 is 5.69 Å². The summed E-state index contributed by atoms with van der Waals surface area (Å²) in [6.07, 6.45) is 4.56. The van der Waals surface area contributed by atoms with Gasteiger partial charge in [-0.1, -0.05) is 35.4 Å². The predicted octanol–water partition coefficient (Wildman–Crippen LogP) is 2.69. The van der Waals surface area contributed by atoms with Crippen LogP contribution in [0.3, 0.4) is 0 Å². The maximum absolute atomic E-state index is 13.6. The Morgan fingerprint density at radius 1 is 1.21 bits per heavy atom. The van der Waals surface area contributed by atoms with Crippen molar-refractivity contribution in [1.29, 1.82) is 0 Å². The zero-order valence-electron chi connectivity index (χ0n) is 19.4. The summed E-state index contributed by atoms with van der Waals surface area (Å²) in [6, 6.07) is 7.51.